The van der Waals surface area contributed by atoms with Crippen LogP contribution < -0.4 is 5.73 Å². The van der Waals surface area contributed by atoms with E-state index in [0.29, 0.717) is 24.0 Å². The van der Waals surface area contributed by atoms with Crippen LogP contribution in [0.25, 0.3) is 11.3 Å². The third-order valence-corrected chi connectivity index (χ3v) is 4.20. The van der Waals surface area contributed by atoms with E-state index in [1.807, 2.05) is 18.3 Å². The molecule has 0 amide bonds. The van der Waals surface area contributed by atoms with Crippen molar-refractivity contribution < 1.29 is 4.42 Å². The number of hydrogen-bond acceptors (Lipinski definition) is 5. The Labute approximate surface area is 155 Å². The predicted octanol–water partition coefficient (Wildman–Crippen LogP) is 3.81. The van der Waals surface area contributed by atoms with Crippen molar-refractivity contribution in [2.24, 2.45) is 0 Å². The van der Waals surface area contributed by atoms with Crippen LogP contribution in [0.3, 0.4) is 0 Å². The van der Waals surface area contributed by atoms with Gasteiger partial charge in [-0.2, -0.15) is 0 Å². The van der Waals surface area contributed by atoms with Crippen molar-refractivity contribution in [3.05, 3.63) is 83.0 Å². The van der Waals surface area contributed by atoms with E-state index in [4.69, 9.17) is 21.8 Å². The minimum Gasteiger partial charge on any atom is -0.449 e. The Hall–Kier alpha value is -3.12. The fraction of sp³-hybridized carbons (Fsp3) is 0.105. The van der Waals surface area contributed by atoms with Gasteiger partial charge >= 0.3 is 0 Å². The number of nitrogen functional groups attached to an aromatic ring is 1. The maximum absolute atomic E-state index is 5.80. The molecule has 130 valence electrons. The first-order valence-corrected chi connectivity index (χ1v) is 8.47. The zero-order valence-corrected chi connectivity index (χ0v) is 14.6. The number of aromatic nitrogens is 4. The maximum atomic E-state index is 5.80. The number of nitrogens with zero attached hydrogens (tertiary/aromatic N) is 4. The molecule has 3 heterocycles. The van der Waals surface area contributed by atoms with Crippen molar-refractivity contribution in [1.29, 1.82) is 0 Å². The molecule has 4 rings (SSSR count). The van der Waals surface area contributed by atoms with E-state index in [-0.39, 0.29) is 0 Å². The van der Waals surface area contributed by atoms with Gasteiger partial charge in [0, 0.05) is 18.2 Å². The lowest BCUT2D eigenvalue weighted by molar-refractivity contribution is 0.523. The molecular formula is C19H16ClN5O. The van der Waals surface area contributed by atoms with E-state index in [9.17, 15) is 0 Å². The highest BCUT2D eigenvalue weighted by Crippen LogP contribution is 2.18. The van der Waals surface area contributed by atoms with Crippen LogP contribution in [0.2, 0.25) is 5.22 Å². The van der Waals surface area contributed by atoms with Gasteiger partial charge in [0.05, 0.1) is 12.7 Å². The molecule has 0 bridgehead atoms. The van der Waals surface area contributed by atoms with Crippen molar-refractivity contribution in [3.63, 3.8) is 0 Å². The van der Waals surface area contributed by atoms with E-state index in [2.05, 4.69) is 39.6 Å². The molecule has 6 nitrogen and oxygen atoms in total. The molecule has 0 aliphatic rings. The van der Waals surface area contributed by atoms with Crippen molar-refractivity contribution in [1.82, 2.24) is 20.0 Å². The predicted molar refractivity (Wildman–Crippen MR) is 99.7 cm³/mol. The zero-order valence-electron chi connectivity index (χ0n) is 13.8. The second-order valence-corrected chi connectivity index (χ2v) is 6.34. The molecule has 1 aromatic carbocycles. The van der Waals surface area contributed by atoms with E-state index in [0.717, 1.165) is 28.1 Å². The minimum atomic E-state index is 0.412. The van der Waals surface area contributed by atoms with Crippen LogP contribution in [0, 0.1) is 0 Å². The minimum absolute atomic E-state index is 0.412. The van der Waals surface area contributed by atoms with Crippen molar-refractivity contribution in [2.75, 3.05) is 5.73 Å². The van der Waals surface area contributed by atoms with E-state index in [1.54, 1.807) is 23.0 Å². The van der Waals surface area contributed by atoms with Crippen LogP contribution in [0.1, 0.15) is 16.9 Å². The number of hydrogen-bond donors (Lipinski definition) is 1. The van der Waals surface area contributed by atoms with Crippen LogP contribution in [-0.2, 0) is 13.0 Å². The van der Waals surface area contributed by atoms with Gasteiger partial charge in [-0.25, -0.2) is 9.67 Å². The molecule has 0 saturated carbocycles. The molecule has 0 saturated heterocycles. The molecular weight excluding hydrogens is 350 g/mol. The maximum Gasteiger partial charge on any atom is 0.193 e. The van der Waals surface area contributed by atoms with Gasteiger partial charge in [-0.15, -0.1) is 5.10 Å². The Kier molecular flexibility index (Phi) is 4.41. The average Bonchev–Trinajstić information content (AvgIpc) is 3.26. The lowest BCUT2D eigenvalue weighted by Crippen LogP contribution is -2.00. The molecule has 4 aromatic rings. The fourth-order valence-electron chi connectivity index (χ4n) is 2.66. The van der Waals surface area contributed by atoms with Gasteiger partial charge in [-0.1, -0.05) is 29.5 Å². The fourth-order valence-corrected chi connectivity index (χ4v) is 2.82. The van der Waals surface area contributed by atoms with E-state index in [1.165, 1.54) is 0 Å². The van der Waals surface area contributed by atoms with Crippen LogP contribution in [-0.4, -0.2) is 20.0 Å². The molecule has 0 spiro atoms. The summed E-state index contributed by atoms with van der Waals surface area (Å²) in [5, 5.41) is 8.79. The number of halogens is 1. The molecule has 0 radical (unpaired) electrons. The summed E-state index contributed by atoms with van der Waals surface area (Å²) < 4.78 is 7.19. The summed E-state index contributed by atoms with van der Waals surface area (Å²) in [6.45, 7) is 0.641. The first-order valence-electron chi connectivity index (χ1n) is 8.10. The van der Waals surface area contributed by atoms with Crippen molar-refractivity contribution in [3.8, 4) is 11.3 Å². The highest BCUT2D eigenvalue weighted by Gasteiger charge is 2.06. The first kappa shape index (κ1) is 16.4. The number of nitrogens with two attached hydrogens (primary N) is 1. The van der Waals surface area contributed by atoms with Crippen molar-refractivity contribution >= 4 is 17.4 Å². The summed E-state index contributed by atoms with van der Waals surface area (Å²) in [6, 6.07) is 15.6. The molecule has 26 heavy (non-hydrogen) atoms. The number of benzene rings is 1. The molecule has 0 aliphatic carbocycles. The van der Waals surface area contributed by atoms with E-state index < -0.39 is 0 Å². The molecule has 0 aliphatic heterocycles. The summed E-state index contributed by atoms with van der Waals surface area (Å²) in [7, 11) is 0. The lowest BCUT2D eigenvalue weighted by Gasteiger charge is -2.03. The Morgan fingerprint density at radius 2 is 1.81 bits per heavy atom. The van der Waals surface area contributed by atoms with Gasteiger partial charge in [-0.3, -0.25) is 0 Å². The summed E-state index contributed by atoms with van der Waals surface area (Å²) in [5.74, 6) is 1.33. The summed E-state index contributed by atoms with van der Waals surface area (Å²) in [4.78, 5) is 4.08. The average molecular weight is 366 g/mol. The standard InChI is InChI=1S/C19H16ClN5O/c20-18-7-6-16(26-18)9-13-1-3-14(4-2-13)11-25-12-17(23-24-25)15-5-8-19(21)22-10-15/h1-8,10,12H,9,11H2,(H2,21,22). The quantitative estimate of drug-likeness (QED) is 0.581. The van der Waals surface area contributed by atoms with Gasteiger partial charge in [0.25, 0.3) is 0 Å². The monoisotopic (exact) mass is 365 g/mol. The number of furan rings is 1. The highest BCUT2D eigenvalue weighted by atomic mass is 35.5. The Morgan fingerprint density at radius 1 is 1.00 bits per heavy atom. The van der Waals surface area contributed by atoms with Crippen molar-refractivity contribution in [2.45, 2.75) is 13.0 Å². The third kappa shape index (κ3) is 3.75. The highest BCUT2D eigenvalue weighted by molar-refractivity contribution is 6.28. The van der Waals surface area contributed by atoms with Gasteiger partial charge in [0.15, 0.2) is 5.22 Å². The largest absolute Gasteiger partial charge is 0.449 e. The first-order chi connectivity index (χ1) is 12.7. The SMILES string of the molecule is Nc1ccc(-c2cn(Cc3ccc(Cc4ccc(Cl)o4)cc3)nn2)cn1. The number of rotatable bonds is 5. The number of anilines is 1. The second-order valence-electron chi connectivity index (χ2n) is 5.97. The van der Waals surface area contributed by atoms with Crippen LogP contribution >= 0.6 is 11.6 Å². The molecule has 0 unspecified atom stereocenters. The van der Waals surface area contributed by atoms with Gasteiger partial charge in [0.1, 0.15) is 17.3 Å². The topological polar surface area (TPSA) is 82.8 Å². The molecule has 0 fully saturated rings. The van der Waals surface area contributed by atoms with Crippen LogP contribution in [0.15, 0.2) is 65.3 Å². The smallest absolute Gasteiger partial charge is 0.193 e. The third-order valence-electron chi connectivity index (χ3n) is 4.00. The van der Waals surface area contributed by atoms with E-state index >= 15 is 0 Å². The Bertz CT molecular complexity index is 1010. The van der Waals surface area contributed by atoms with Gasteiger partial charge in [-0.05, 0) is 47.0 Å². The molecule has 0 atom stereocenters. The normalized spacial score (nSPS) is 11.0. The summed E-state index contributed by atoms with van der Waals surface area (Å²) in [5.41, 5.74) is 9.56. The molecule has 2 N–H and O–H groups in total. The number of pyridine rings is 1. The molecule has 3 aromatic heterocycles. The summed E-state index contributed by atoms with van der Waals surface area (Å²) in [6.07, 6.45) is 4.30. The van der Waals surface area contributed by atoms with Crippen LogP contribution in [0.4, 0.5) is 5.82 Å². The molecule has 7 heteroatoms. The Balaban J connectivity index is 1.43. The van der Waals surface area contributed by atoms with Gasteiger partial charge < -0.3 is 10.2 Å². The zero-order chi connectivity index (χ0) is 17.9. The summed E-state index contributed by atoms with van der Waals surface area (Å²) >= 11 is 5.80. The van der Waals surface area contributed by atoms with Gasteiger partial charge in [0.2, 0.25) is 0 Å². The lowest BCUT2D eigenvalue weighted by atomic mass is 10.1. The Morgan fingerprint density at radius 3 is 2.50 bits per heavy atom. The second kappa shape index (κ2) is 7.01. The van der Waals surface area contributed by atoms with Crippen LogP contribution in [0.5, 0.6) is 0 Å².